The standard InChI is InChI=1S/C18H21N3O5/c22-17(23)15-11-21(14-4-6-18(7-5-14)25-9-10-26-18)20-16(15)24-12-13-3-1-2-8-19-13/h1-3,8,11,14H,4-7,9-10,12H2,(H,22,23). The normalized spacial score (nSPS) is 19.7. The molecule has 1 aliphatic heterocycles. The molecule has 26 heavy (non-hydrogen) atoms. The van der Waals surface area contributed by atoms with Crippen LogP contribution in [0.2, 0.25) is 0 Å². The monoisotopic (exact) mass is 359 g/mol. The minimum Gasteiger partial charge on any atom is -0.477 e. The minimum atomic E-state index is -1.05. The van der Waals surface area contributed by atoms with E-state index in [9.17, 15) is 9.90 Å². The number of nitrogens with zero attached hydrogens (tertiary/aromatic N) is 3. The average molecular weight is 359 g/mol. The molecule has 0 atom stereocenters. The van der Waals surface area contributed by atoms with Crippen LogP contribution in [0.25, 0.3) is 0 Å². The van der Waals surface area contributed by atoms with Crippen LogP contribution in [0.4, 0.5) is 0 Å². The third kappa shape index (κ3) is 3.42. The second kappa shape index (κ2) is 7.05. The molecular formula is C18H21N3O5. The fraction of sp³-hybridized carbons (Fsp3) is 0.500. The van der Waals surface area contributed by atoms with Gasteiger partial charge in [-0.1, -0.05) is 6.07 Å². The fourth-order valence-corrected chi connectivity index (χ4v) is 3.53. The third-order valence-electron chi connectivity index (χ3n) is 4.92. The highest BCUT2D eigenvalue weighted by Crippen LogP contribution is 2.40. The lowest BCUT2D eigenvalue weighted by Gasteiger charge is -2.35. The first kappa shape index (κ1) is 17.0. The van der Waals surface area contributed by atoms with Crippen molar-refractivity contribution in [1.82, 2.24) is 14.8 Å². The lowest BCUT2D eigenvalue weighted by molar-refractivity contribution is -0.181. The summed E-state index contributed by atoms with van der Waals surface area (Å²) in [7, 11) is 0. The van der Waals surface area contributed by atoms with Gasteiger partial charge in [0.25, 0.3) is 0 Å². The van der Waals surface area contributed by atoms with Crippen molar-refractivity contribution in [1.29, 1.82) is 0 Å². The summed E-state index contributed by atoms with van der Waals surface area (Å²) in [5.74, 6) is -1.38. The van der Waals surface area contributed by atoms with E-state index in [1.165, 1.54) is 0 Å². The van der Waals surface area contributed by atoms with Crippen LogP contribution in [0.1, 0.15) is 47.8 Å². The van der Waals surface area contributed by atoms with Crippen molar-refractivity contribution in [3.05, 3.63) is 41.9 Å². The lowest BCUT2D eigenvalue weighted by atomic mass is 9.90. The molecule has 8 heteroatoms. The molecule has 1 saturated carbocycles. The first-order valence-electron chi connectivity index (χ1n) is 8.78. The van der Waals surface area contributed by atoms with E-state index in [-0.39, 0.29) is 24.1 Å². The molecule has 1 spiro atoms. The van der Waals surface area contributed by atoms with E-state index in [0.717, 1.165) is 25.7 Å². The van der Waals surface area contributed by atoms with Crippen LogP contribution in [-0.4, -0.2) is 44.8 Å². The summed E-state index contributed by atoms with van der Waals surface area (Å²) >= 11 is 0. The van der Waals surface area contributed by atoms with Gasteiger partial charge in [0.1, 0.15) is 12.2 Å². The van der Waals surface area contributed by atoms with Crippen LogP contribution in [0.3, 0.4) is 0 Å². The maximum atomic E-state index is 11.5. The second-order valence-electron chi connectivity index (χ2n) is 6.58. The molecule has 1 saturated heterocycles. The van der Waals surface area contributed by atoms with Gasteiger partial charge in [-0.3, -0.25) is 9.67 Å². The highest BCUT2D eigenvalue weighted by Gasteiger charge is 2.41. The van der Waals surface area contributed by atoms with Gasteiger partial charge in [-0.2, -0.15) is 0 Å². The molecule has 0 unspecified atom stereocenters. The van der Waals surface area contributed by atoms with Gasteiger partial charge in [-0.05, 0) is 25.0 Å². The Bertz CT molecular complexity index is 760. The van der Waals surface area contributed by atoms with Crippen molar-refractivity contribution in [2.45, 2.75) is 44.1 Å². The summed E-state index contributed by atoms with van der Waals surface area (Å²) in [5, 5.41) is 13.8. The Morgan fingerprint density at radius 3 is 2.73 bits per heavy atom. The molecule has 2 aromatic rings. The first-order valence-corrected chi connectivity index (χ1v) is 8.78. The van der Waals surface area contributed by atoms with Gasteiger partial charge in [0.05, 0.1) is 24.9 Å². The Balaban J connectivity index is 1.46. The number of hydrogen-bond donors (Lipinski definition) is 1. The quantitative estimate of drug-likeness (QED) is 0.876. The van der Waals surface area contributed by atoms with Crippen molar-refractivity contribution >= 4 is 5.97 Å². The largest absolute Gasteiger partial charge is 0.477 e. The van der Waals surface area contributed by atoms with Gasteiger partial charge in [0.2, 0.25) is 5.88 Å². The summed E-state index contributed by atoms with van der Waals surface area (Å²) in [6, 6.07) is 5.60. The topological polar surface area (TPSA) is 95.7 Å². The van der Waals surface area contributed by atoms with Crippen molar-refractivity contribution in [2.24, 2.45) is 0 Å². The lowest BCUT2D eigenvalue weighted by Crippen LogP contribution is -2.35. The molecule has 0 amide bonds. The van der Waals surface area contributed by atoms with Crippen molar-refractivity contribution < 1.29 is 24.1 Å². The van der Waals surface area contributed by atoms with E-state index in [1.807, 2.05) is 18.2 Å². The Hall–Kier alpha value is -2.45. The Kier molecular flexibility index (Phi) is 4.60. The van der Waals surface area contributed by atoms with Gasteiger partial charge in [-0.25, -0.2) is 4.79 Å². The van der Waals surface area contributed by atoms with Crippen LogP contribution in [0.15, 0.2) is 30.6 Å². The van der Waals surface area contributed by atoms with Gasteiger partial charge in [0, 0.05) is 25.2 Å². The van der Waals surface area contributed by atoms with Crippen LogP contribution in [0.5, 0.6) is 5.88 Å². The number of pyridine rings is 1. The molecular weight excluding hydrogens is 338 g/mol. The fourth-order valence-electron chi connectivity index (χ4n) is 3.53. The number of hydrogen-bond acceptors (Lipinski definition) is 6. The predicted molar refractivity (Wildman–Crippen MR) is 89.9 cm³/mol. The molecule has 0 radical (unpaired) electrons. The van der Waals surface area contributed by atoms with E-state index in [4.69, 9.17) is 14.2 Å². The zero-order valence-electron chi connectivity index (χ0n) is 14.3. The molecule has 4 rings (SSSR count). The van der Waals surface area contributed by atoms with Gasteiger partial charge in [-0.15, -0.1) is 5.10 Å². The predicted octanol–water partition coefficient (Wildman–Crippen LogP) is 2.41. The number of ether oxygens (including phenoxy) is 3. The molecule has 1 N–H and O–H groups in total. The number of carbonyl (C=O) groups is 1. The molecule has 2 aliphatic rings. The van der Waals surface area contributed by atoms with E-state index >= 15 is 0 Å². The first-order chi connectivity index (χ1) is 12.7. The van der Waals surface area contributed by atoms with Gasteiger partial charge in [0.15, 0.2) is 5.79 Å². The van der Waals surface area contributed by atoms with Crippen molar-refractivity contribution in [3.63, 3.8) is 0 Å². The molecule has 2 fully saturated rings. The number of aromatic nitrogens is 3. The number of aromatic carboxylic acids is 1. The molecule has 3 heterocycles. The number of carboxylic acids is 1. The minimum absolute atomic E-state index is 0.0644. The smallest absolute Gasteiger partial charge is 0.342 e. The summed E-state index contributed by atoms with van der Waals surface area (Å²) in [5.41, 5.74) is 0.781. The Labute approximate surface area is 150 Å². The molecule has 2 aromatic heterocycles. The number of carboxylic acid groups (broad SMARTS) is 1. The van der Waals surface area contributed by atoms with Crippen LogP contribution in [-0.2, 0) is 16.1 Å². The second-order valence-corrected chi connectivity index (χ2v) is 6.58. The zero-order valence-corrected chi connectivity index (χ0v) is 14.3. The maximum Gasteiger partial charge on any atom is 0.342 e. The maximum absolute atomic E-state index is 11.5. The molecule has 0 aromatic carbocycles. The molecule has 8 nitrogen and oxygen atoms in total. The highest BCUT2D eigenvalue weighted by atomic mass is 16.7. The molecule has 138 valence electrons. The summed E-state index contributed by atoms with van der Waals surface area (Å²) in [4.78, 5) is 15.7. The molecule has 1 aliphatic carbocycles. The van der Waals surface area contributed by atoms with Crippen LogP contribution >= 0.6 is 0 Å². The van der Waals surface area contributed by atoms with E-state index in [1.54, 1.807) is 17.1 Å². The van der Waals surface area contributed by atoms with Crippen molar-refractivity contribution in [2.75, 3.05) is 13.2 Å². The van der Waals surface area contributed by atoms with E-state index in [0.29, 0.717) is 18.9 Å². The average Bonchev–Trinajstić information content (AvgIpc) is 3.29. The van der Waals surface area contributed by atoms with Gasteiger partial charge < -0.3 is 19.3 Å². The Morgan fingerprint density at radius 1 is 1.31 bits per heavy atom. The van der Waals surface area contributed by atoms with E-state index in [2.05, 4.69) is 10.1 Å². The Morgan fingerprint density at radius 2 is 2.08 bits per heavy atom. The zero-order chi connectivity index (χ0) is 18.0. The third-order valence-corrected chi connectivity index (χ3v) is 4.92. The van der Waals surface area contributed by atoms with Crippen molar-refractivity contribution in [3.8, 4) is 5.88 Å². The van der Waals surface area contributed by atoms with Crippen LogP contribution < -0.4 is 4.74 Å². The summed E-state index contributed by atoms with van der Waals surface area (Å²) in [6.07, 6.45) is 6.42. The SMILES string of the molecule is O=C(O)c1cn(C2CCC3(CC2)OCCO3)nc1OCc1ccccn1. The van der Waals surface area contributed by atoms with Gasteiger partial charge >= 0.3 is 5.97 Å². The number of rotatable bonds is 5. The van der Waals surface area contributed by atoms with E-state index < -0.39 is 11.8 Å². The highest BCUT2D eigenvalue weighted by molar-refractivity contribution is 5.89. The summed E-state index contributed by atoms with van der Waals surface area (Å²) in [6.45, 7) is 1.45. The van der Waals surface area contributed by atoms with Crippen LogP contribution in [0, 0.1) is 0 Å². The summed E-state index contributed by atoms with van der Waals surface area (Å²) < 4.78 is 18.8. The molecule has 0 bridgehead atoms.